The zero-order valence-electron chi connectivity index (χ0n) is 11.4. The van der Waals surface area contributed by atoms with Gasteiger partial charge in [0.15, 0.2) is 0 Å². The number of aryl methyl sites for hydroxylation is 1. The summed E-state index contributed by atoms with van der Waals surface area (Å²) in [5.41, 5.74) is 1.27. The van der Waals surface area contributed by atoms with Gasteiger partial charge in [-0.3, -0.25) is 9.58 Å². The summed E-state index contributed by atoms with van der Waals surface area (Å²) in [6.07, 6.45) is 1.52. The maximum absolute atomic E-state index is 11.8. The number of rotatable bonds is 6. The molecule has 1 rings (SSSR count). The molecule has 1 aromatic heterocycles. The van der Waals surface area contributed by atoms with E-state index in [-0.39, 0.29) is 18.6 Å². The number of nitrogens with zero attached hydrogens (tertiary/aromatic N) is 3. The van der Waals surface area contributed by atoms with Crippen LogP contribution < -0.4 is 0 Å². The molecule has 0 bridgehead atoms. The van der Waals surface area contributed by atoms with E-state index in [1.165, 1.54) is 6.20 Å². The number of hydrogen-bond acceptors (Lipinski definition) is 5. The molecule has 0 saturated heterocycles. The quantitative estimate of drug-likeness (QED) is 0.746. The highest BCUT2D eigenvalue weighted by molar-refractivity contribution is 5.90. The maximum Gasteiger partial charge on any atom is 0.341 e. The van der Waals surface area contributed by atoms with Crippen molar-refractivity contribution < 1.29 is 14.6 Å². The van der Waals surface area contributed by atoms with Crippen LogP contribution in [0.2, 0.25) is 0 Å². The molecular weight excluding hydrogens is 234 g/mol. The molecule has 1 N–H and O–H groups in total. The van der Waals surface area contributed by atoms with Crippen LogP contribution in [0.25, 0.3) is 0 Å². The largest absolute Gasteiger partial charge is 0.462 e. The van der Waals surface area contributed by atoms with Crippen LogP contribution in [0.3, 0.4) is 0 Å². The number of aromatic nitrogens is 2. The van der Waals surface area contributed by atoms with E-state index >= 15 is 0 Å². The van der Waals surface area contributed by atoms with E-state index in [1.54, 1.807) is 18.7 Å². The van der Waals surface area contributed by atoms with E-state index in [1.807, 2.05) is 18.9 Å². The molecule has 0 aliphatic heterocycles. The molecule has 0 fully saturated rings. The number of likely N-dealkylation sites (N-methyl/N-ethyl adjacent to an activating group) is 1. The minimum atomic E-state index is -0.356. The van der Waals surface area contributed by atoms with Gasteiger partial charge in [-0.1, -0.05) is 0 Å². The Morgan fingerprint density at radius 1 is 1.67 bits per heavy atom. The molecule has 0 aliphatic carbocycles. The lowest BCUT2D eigenvalue weighted by molar-refractivity contribution is 0.0523. The molecule has 102 valence electrons. The maximum atomic E-state index is 11.8. The Bertz CT molecular complexity index is 403. The fourth-order valence-corrected chi connectivity index (χ4v) is 1.56. The first-order valence-corrected chi connectivity index (χ1v) is 6.00. The van der Waals surface area contributed by atoms with Crippen LogP contribution in [-0.2, 0) is 18.3 Å². The fourth-order valence-electron chi connectivity index (χ4n) is 1.56. The molecule has 1 aromatic rings. The number of carbonyl (C=O) groups is 1. The predicted molar refractivity (Wildman–Crippen MR) is 67.2 cm³/mol. The summed E-state index contributed by atoms with van der Waals surface area (Å²) >= 11 is 0. The van der Waals surface area contributed by atoms with Crippen molar-refractivity contribution in [2.24, 2.45) is 7.05 Å². The van der Waals surface area contributed by atoms with Crippen molar-refractivity contribution in [1.29, 1.82) is 0 Å². The van der Waals surface area contributed by atoms with Gasteiger partial charge in [-0.25, -0.2) is 4.79 Å². The Hall–Kier alpha value is -1.40. The molecule has 1 atom stereocenters. The molecule has 0 saturated carbocycles. The van der Waals surface area contributed by atoms with Crippen LogP contribution in [0, 0.1) is 0 Å². The third-order valence-corrected chi connectivity index (χ3v) is 2.97. The number of aliphatic hydroxyl groups is 1. The Labute approximate surface area is 107 Å². The topological polar surface area (TPSA) is 67.6 Å². The Kier molecular flexibility index (Phi) is 5.30. The molecule has 0 amide bonds. The third kappa shape index (κ3) is 3.30. The van der Waals surface area contributed by atoms with Gasteiger partial charge >= 0.3 is 5.97 Å². The minimum absolute atomic E-state index is 0.0231. The third-order valence-electron chi connectivity index (χ3n) is 2.97. The summed E-state index contributed by atoms with van der Waals surface area (Å²) < 4.78 is 6.65. The standard InChI is InChI=1S/C12H21N3O3/c1-5-18-12(17)10-6-13-15(4)11(10)7-14(3)9(2)8-16/h6,9,16H,5,7-8H2,1-4H3. The van der Waals surface area contributed by atoms with Crippen molar-refractivity contribution in [1.82, 2.24) is 14.7 Å². The molecule has 1 unspecified atom stereocenters. The lowest BCUT2D eigenvalue weighted by Gasteiger charge is -2.23. The first-order valence-electron chi connectivity index (χ1n) is 6.00. The summed E-state index contributed by atoms with van der Waals surface area (Å²) in [5.74, 6) is -0.356. The second-order valence-electron chi connectivity index (χ2n) is 4.30. The van der Waals surface area contributed by atoms with Gasteiger partial charge in [-0.15, -0.1) is 0 Å². The van der Waals surface area contributed by atoms with Crippen molar-refractivity contribution in [2.45, 2.75) is 26.4 Å². The van der Waals surface area contributed by atoms with E-state index in [0.717, 1.165) is 5.69 Å². The van der Waals surface area contributed by atoms with Crippen molar-refractivity contribution in [3.63, 3.8) is 0 Å². The second-order valence-corrected chi connectivity index (χ2v) is 4.30. The van der Waals surface area contributed by atoms with Crippen LogP contribution in [-0.4, -0.2) is 52.1 Å². The molecule has 0 spiro atoms. The van der Waals surface area contributed by atoms with Gasteiger partial charge in [-0.2, -0.15) is 5.10 Å². The van der Waals surface area contributed by atoms with Crippen LogP contribution in [0.5, 0.6) is 0 Å². The number of hydrogen-bond donors (Lipinski definition) is 1. The van der Waals surface area contributed by atoms with Gasteiger partial charge in [-0.05, 0) is 20.9 Å². The SMILES string of the molecule is CCOC(=O)c1cnn(C)c1CN(C)C(C)CO. The summed E-state index contributed by atoms with van der Waals surface area (Å²) in [6.45, 7) is 4.64. The molecule has 6 heteroatoms. The molecule has 0 aromatic carbocycles. The van der Waals surface area contributed by atoms with Gasteiger partial charge in [0, 0.05) is 19.6 Å². The Morgan fingerprint density at radius 2 is 2.33 bits per heavy atom. The highest BCUT2D eigenvalue weighted by Gasteiger charge is 2.19. The van der Waals surface area contributed by atoms with Crippen molar-refractivity contribution in [2.75, 3.05) is 20.3 Å². The van der Waals surface area contributed by atoms with Gasteiger partial charge in [0.25, 0.3) is 0 Å². The average molecular weight is 255 g/mol. The van der Waals surface area contributed by atoms with Crippen molar-refractivity contribution >= 4 is 5.97 Å². The summed E-state index contributed by atoms with van der Waals surface area (Å²) in [4.78, 5) is 13.7. The van der Waals surface area contributed by atoms with E-state index in [2.05, 4.69) is 5.10 Å². The van der Waals surface area contributed by atoms with E-state index < -0.39 is 0 Å². The fraction of sp³-hybridized carbons (Fsp3) is 0.667. The molecule has 6 nitrogen and oxygen atoms in total. The number of esters is 1. The molecule has 0 radical (unpaired) electrons. The second kappa shape index (κ2) is 6.51. The monoisotopic (exact) mass is 255 g/mol. The normalized spacial score (nSPS) is 12.8. The predicted octanol–water partition coefficient (Wildman–Crippen LogP) is 0.409. The van der Waals surface area contributed by atoms with E-state index in [9.17, 15) is 4.79 Å². The Morgan fingerprint density at radius 3 is 2.89 bits per heavy atom. The van der Waals surface area contributed by atoms with Crippen LogP contribution in [0.15, 0.2) is 6.20 Å². The lowest BCUT2D eigenvalue weighted by atomic mass is 10.2. The zero-order chi connectivity index (χ0) is 13.7. The van der Waals surface area contributed by atoms with Crippen LogP contribution in [0.1, 0.15) is 29.9 Å². The summed E-state index contributed by atoms with van der Waals surface area (Å²) in [7, 11) is 3.68. The number of aliphatic hydroxyl groups excluding tert-OH is 1. The molecule has 0 aliphatic rings. The smallest absolute Gasteiger partial charge is 0.341 e. The summed E-state index contributed by atoms with van der Waals surface area (Å²) in [5, 5.41) is 13.2. The van der Waals surface area contributed by atoms with Crippen molar-refractivity contribution in [3.05, 3.63) is 17.5 Å². The first kappa shape index (κ1) is 14.7. The van der Waals surface area contributed by atoms with Crippen LogP contribution >= 0.6 is 0 Å². The highest BCUT2D eigenvalue weighted by Crippen LogP contribution is 2.13. The van der Waals surface area contributed by atoms with Gasteiger partial charge in [0.1, 0.15) is 5.56 Å². The van der Waals surface area contributed by atoms with Gasteiger partial charge < -0.3 is 9.84 Å². The van der Waals surface area contributed by atoms with Gasteiger partial charge in [0.2, 0.25) is 0 Å². The number of carbonyl (C=O) groups excluding carboxylic acids is 1. The van der Waals surface area contributed by atoms with E-state index in [4.69, 9.17) is 9.84 Å². The molecule has 1 heterocycles. The average Bonchev–Trinajstić information content (AvgIpc) is 2.70. The summed E-state index contributed by atoms with van der Waals surface area (Å²) in [6, 6.07) is 0.0231. The van der Waals surface area contributed by atoms with E-state index in [0.29, 0.717) is 18.7 Å². The van der Waals surface area contributed by atoms with Gasteiger partial charge in [0.05, 0.1) is 25.1 Å². The highest BCUT2D eigenvalue weighted by atomic mass is 16.5. The number of ether oxygens (including phenoxy) is 1. The lowest BCUT2D eigenvalue weighted by Crippen LogP contribution is -2.32. The molecular formula is C12H21N3O3. The first-order chi connectivity index (χ1) is 8.51. The van der Waals surface area contributed by atoms with Crippen molar-refractivity contribution in [3.8, 4) is 0 Å². The zero-order valence-corrected chi connectivity index (χ0v) is 11.4. The Balaban J connectivity index is 2.87. The minimum Gasteiger partial charge on any atom is -0.462 e. The van der Waals surface area contributed by atoms with Crippen LogP contribution in [0.4, 0.5) is 0 Å². The molecule has 18 heavy (non-hydrogen) atoms.